The Kier molecular flexibility index (Phi) is 2.21. The SMILES string of the molecule is N=C(C1N=C1Cl)N1CCCc2ccccc21. The highest BCUT2D eigenvalue weighted by molar-refractivity contribution is 6.73. The van der Waals surface area contributed by atoms with Gasteiger partial charge in [-0.1, -0.05) is 29.8 Å². The summed E-state index contributed by atoms with van der Waals surface area (Å²) in [5.74, 6) is 0.511. The van der Waals surface area contributed by atoms with Gasteiger partial charge in [0.1, 0.15) is 11.0 Å². The minimum absolute atomic E-state index is 0.173. The predicted molar refractivity (Wildman–Crippen MR) is 66.9 cm³/mol. The second-order valence-electron chi connectivity index (χ2n) is 4.12. The third-order valence-electron chi connectivity index (χ3n) is 3.07. The summed E-state index contributed by atoms with van der Waals surface area (Å²) in [7, 11) is 0. The van der Waals surface area contributed by atoms with Crippen LogP contribution >= 0.6 is 11.6 Å². The van der Waals surface area contributed by atoms with E-state index >= 15 is 0 Å². The Morgan fingerprint density at radius 1 is 1.44 bits per heavy atom. The van der Waals surface area contributed by atoms with Crippen molar-refractivity contribution in [1.82, 2.24) is 0 Å². The highest BCUT2D eigenvalue weighted by Crippen LogP contribution is 2.29. The van der Waals surface area contributed by atoms with E-state index in [2.05, 4.69) is 17.1 Å². The molecule has 1 N–H and O–H groups in total. The van der Waals surface area contributed by atoms with E-state index in [1.807, 2.05) is 17.0 Å². The molecule has 2 aliphatic heterocycles. The van der Waals surface area contributed by atoms with Gasteiger partial charge in [-0.15, -0.1) is 0 Å². The summed E-state index contributed by atoms with van der Waals surface area (Å²) >= 11 is 5.78. The first kappa shape index (κ1) is 9.85. The summed E-state index contributed by atoms with van der Waals surface area (Å²) in [4.78, 5) is 6.05. The Morgan fingerprint density at radius 2 is 2.19 bits per heavy atom. The Balaban J connectivity index is 1.90. The molecule has 82 valence electrons. The third kappa shape index (κ3) is 1.52. The minimum atomic E-state index is -0.173. The van der Waals surface area contributed by atoms with Crippen molar-refractivity contribution >= 4 is 28.3 Å². The van der Waals surface area contributed by atoms with E-state index in [0.717, 1.165) is 25.1 Å². The van der Waals surface area contributed by atoms with Gasteiger partial charge in [0.2, 0.25) is 0 Å². The number of fused-ring (bicyclic) bond motifs is 1. The summed E-state index contributed by atoms with van der Waals surface area (Å²) < 4.78 is 0. The Labute approximate surface area is 99.3 Å². The van der Waals surface area contributed by atoms with Crippen LogP contribution in [0, 0.1) is 5.41 Å². The van der Waals surface area contributed by atoms with Crippen LogP contribution in [-0.2, 0) is 6.42 Å². The molecule has 0 spiro atoms. The first-order chi connectivity index (χ1) is 7.77. The fraction of sp³-hybridized carbons (Fsp3) is 0.333. The van der Waals surface area contributed by atoms with E-state index in [1.165, 1.54) is 5.56 Å². The molecule has 2 aliphatic rings. The van der Waals surface area contributed by atoms with Gasteiger partial charge in [0.25, 0.3) is 0 Å². The Hall–Kier alpha value is -1.35. The summed E-state index contributed by atoms with van der Waals surface area (Å²) in [6.07, 6.45) is 2.18. The summed E-state index contributed by atoms with van der Waals surface area (Å²) in [6, 6.07) is 8.09. The number of benzene rings is 1. The second kappa shape index (κ2) is 3.59. The lowest BCUT2D eigenvalue weighted by Gasteiger charge is -2.31. The second-order valence-corrected chi connectivity index (χ2v) is 4.51. The fourth-order valence-electron chi connectivity index (χ4n) is 2.19. The maximum atomic E-state index is 8.09. The predicted octanol–water partition coefficient (Wildman–Crippen LogP) is 2.44. The number of amidine groups is 1. The van der Waals surface area contributed by atoms with Crippen molar-refractivity contribution < 1.29 is 0 Å². The van der Waals surface area contributed by atoms with E-state index in [9.17, 15) is 0 Å². The van der Waals surface area contributed by atoms with Gasteiger partial charge in [-0.05, 0) is 24.5 Å². The molecule has 1 aromatic rings. The monoisotopic (exact) mass is 233 g/mol. The van der Waals surface area contributed by atoms with E-state index in [1.54, 1.807) is 0 Å². The molecule has 0 aromatic heterocycles. The summed E-state index contributed by atoms with van der Waals surface area (Å²) in [5, 5.41) is 8.65. The van der Waals surface area contributed by atoms with Gasteiger partial charge in [0.05, 0.1) is 0 Å². The topological polar surface area (TPSA) is 39.5 Å². The molecule has 3 rings (SSSR count). The maximum Gasteiger partial charge on any atom is 0.161 e. The Bertz CT molecular complexity index is 481. The van der Waals surface area contributed by atoms with Gasteiger partial charge in [0, 0.05) is 12.2 Å². The molecular formula is C12H12ClN3. The quantitative estimate of drug-likeness (QED) is 0.587. The highest BCUT2D eigenvalue weighted by Gasteiger charge is 2.35. The van der Waals surface area contributed by atoms with Crippen LogP contribution < -0.4 is 4.90 Å². The molecule has 1 aromatic carbocycles. The zero-order valence-corrected chi connectivity index (χ0v) is 9.54. The number of nitrogens with one attached hydrogen (secondary N) is 1. The molecule has 1 unspecified atom stereocenters. The third-order valence-corrected chi connectivity index (χ3v) is 3.37. The van der Waals surface area contributed by atoms with Gasteiger partial charge >= 0.3 is 0 Å². The number of nitrogens with zero attached hydrogens (tertiary/aromatic N) is 2. The van der Waals surface area contributed by atoms with Crippen molar-refractivity contribution in [3.05, 3.63) is 29.8 Å². The highest BCUT2D eigenvalue weighted by atomic mass is 35.5. The normalized spacial score (nSPS) is 22.4. The lowest BCUT2D eigenvalue weighted by molar-refractivity contribution is 0.771. The zero-order chi connectivity index (χ0) is 11.1. The van der Waals surface area contributed by atoms with Gasteiger partial charge in [-0.2, -0.15) is 0 Å². The van der Waals surface area contributed by atoms with Crippen molar-refractivity contribution in [3.8, 4) is 0 Å². The van der Waals surface area contributed by atoms with Crippen molar-refractivity contribution in [2.45, 2.75) is 18.9 Å². The number of anilines is 1. The molecule has 0 aliphatic carbocycles. The van der Waals surface area contributed by atoms with E-state index in [0.29, 0.717) is 11.0 Å². The van der Waals surface area contributed by atoms with Crippen LogP contribution in [0.1, 0.15) is 12.0 Å². The molecule has 0 saturated carbocycles. The number of hydrogen-bond acceptors (Lipinski definition) is 2. The first-order valence-electron chi connectivity index (χ1n) is 5.44. The smallest absolute Gasteiger partial charge is 0.161 e. The van der Waals surface area contributed by atoms with Gasteiger partial charge in [0.15, 0.2) is 6.04 Å². The summed E-state index contributed by atoms with van der Waals surface area (Å²) in [5.41, 5.74) is 2.46. The molecule has 0 bridgehead atoms. The Morgan fingerprint density at radius 3 is 2.94 bits per heavy atom. The van der Waals surface area contributed by atoms with Gasteiger partial charge in [-0.25, -0.2) is 0 Å². The molecule has 0 saturated heterocycles. The molecule has 0 amide bonds. The van der Waals surface area contributed by atoms with E-state index in [4.69, 9.17) is 17.0 Å². The minimum Gasteiger partial charge on any atom is -0.328 e. The lowest BCUT2D eigenvalue weighted by atomic mass is 10.0. The van der Waals surface area contributed by atoms with Gasteiger partial charge in [-0.3, -0.25) is 10.4 Å². The lowest BCUT2D eigenvalue weighted by Crippen LogP contribution is -2.38. The number of hydrogen-bond donors (Lipinski definition) is 1. The number of para-hydroxylation sites is 1. The molecule has 3 nitrogen and oxygen atoms in total. The number of aryl methyl sites for hydroxylation is 1. The average molecular weight is 234 g/mol. The van der Waals surface area contributed by atoms with Crippen LogP contribution in [-0.4, -0.2) is 23.6 Å². The van der Waals surface area contributed by atoms with E-state index < -0.39 is 0 Å². The van der Waals surface area contributed by atoms with E-state index in [-0.39, 0.29) is 6.04 Å². The van der Waals surface area contributed by atoms with Crippen molar-refractivity contribution in [1.29, 1.82) is 5.41 Å². The molecule has 4 heteroatoms. The number of rotatable bonds is 1. The maximum absolute atomic E-state index is 8.09. The largest absolute Gasteiger partial charge is 0.328 e. The standard InChI is InChI=1S/C12H12ClN3/c13-11-10(15-11)12(14)16-7-3-5-8-4-1-2-6-9(8)16/h1-2,4,6,10,14H,3,5,7H2. The van der Waals surface area contributed by atoms with Crippen LogP contribution in [0.25, 0.3) is 0 Å². The fourth-order valence-corrected chi connectivity index (χ4v) is 2.39. The molecule has 0 fully saturated rings. The van der Waals surface area contributed by atoms with Crippen molar-refractivity contribution in [3.63, 3.8) is 0 Å². The van der Waals surface area contributed by atoms with Crippen molar-refractivity contribution in [2.24, 2.45) is 4.99 Å². The molecule has 16 heavy (non-hydrogen) atoms. The molecular weight excluding hydrogens is 222 g/mol. The molecule has 1 atom stereocenters. The number of halogens is 1. The van der Waals surface area contributed by atoms with Crippen LogP contribution in [0.5, 0.6) is 0 Å². The van der Waals surface area contributed by atoms with Crippen LogP contribution in [0.3, 0.4) is 0 Å². The van der Waals surface area contributed by atoms with Gasteiger partial charge < -0.3 is 4.90 Å². The van der Waals surface area contributed by atoms with Crippen LogP contribution in [0.2, 0.25) is 0 Å². The molecule has 0 radical (unpaired) electrons. The van der Waals surface area contributed by atoms with Crippen LogP contribution in [0.15, 0.2) is 29.3 Å². The van der Waals surface area contributed by atoms with Crippen molar-refractivity contribution in [2.75, 3.05) is 11.4 Å². The summed E-state index contributed by atoms with van der Waals surface area (Å²) in [6.45, 7) is 0.895. The number of aliphatic imine (C=N–C) groups is 1. The average Bonchev–Trinajstić information content (AvgIpc) is 3.05. The first-order valence-corrected chi connectivity index (χ1v) is 5.82. The zero-order valence-electron chi connectivity index (χ0n) is 8.78. The molecule has 2 heterocycles. The van der Waals surface area contributed by atoms with Crippen LogP contribution in [0.4, 0.5) is 5.69 Å².